The first-order valence-corrected chi connectivity index (χ1v) is 6.78. The fourth-order valence-corrected chi connectivity index (χ4v) is 2.71. The van der Waals surface area contributed by atoms with Crippen LogP contribution in [0.1, 0.15) is 27.5 Å². The van der Waals surface area contributed by atoms with Crippen LogP contribution in [0.3, 0.4) is 0 Å². The first kappa shape index (κ1) is 12.8. The molecule has 1 atom stereocenters. The zero-order valence-electron chi connectivity index (χ0n) is 10.5. The minimum absolute atomic E-state index is 0.456. The monoisotopic (exact) mass is 260 g/mol. The molecule has 1 aromatic carbocycles. The van der Waals surface area contributed by atoms with Gasteiger partial charge in [-0.05, 0) is 48.4 Å². The molecule has 1 unspecified atom stereocenters. The van der Waals surface area contributed by atoms with Crippen molar-refractivity contribution in [2.45, 2.75) is 26.2 Å². The molecule has 3 heteroatoms. The Bertz CT molecular complexity index is 544. The number of aliphatic carboxylic acids is 1. The Balaban J connectivity index is 2.29. The van der Waals surface area contributed by atoms with Crippen molar-refractivity contribution in [3.63, 3.8) is 0 Å². The van der Waals surface area contributed by atoms with E-state index in [0.717, 1.165) is 16.0 Å². The minimum atomic E-state index is -0.758. The Morgan fingerprint density at radius 3 is 2.61 bits per heavy atom. The largest absolute Gasteiger partial charge is 0.481 e. The predicted molar refractivity (Wildman–Crippen MR) is 74.3 cm³/mol. The van der Waals surface area contributed by atoms with Gasteiger partial charge in [0.15, 0.2) is 0 Å². The quantitative estimate of drug-likeness (QED) is 0.908. The predicted octanol–water partition coefficient (Wildman–Crippen LogP) is 3.78. The number of thiophene rings is 1. The zero-order chi connectivity index (χ0) is 13.1. The van der Waals surface area contributed by atoms with Gasteiger partial charge in [-0.25, -0.2) is 0 Å². The van der Waals surface area contributed by atoms with Gasteiger partial charge in [0.1, 0.15) is 0 Å². The number of rotatable bonds is 4. The maximum Gasteiger partial charge on any atom is 0.311 e. The average Bonchev–Trinajstić information content (AvgIpc) is 2.82. The fourth-order valence-electron chi connectivity index (χ4n) is 1.96. The molecule has 0 amide bonds. The standard InChI is InChI=1S/C15H16O2S/c1-10-5-6-12(8-11(10)2)14(15(16)17)9-13-4-3-7-18-13/h3-8,14H,9H2,1-2H3,(H,16,17). The topological polar surface area (TPSA) is 37.3 Å². The summed E-state index contributed by atoms with van der Waals surface area (Å²) in [7, 11) is 0. The Kier molecular flexibility index (Phi) is 3.82. The maximum atomic E-state index is 11.4. The summed E-state index contributed by atoms with van der Waals surface area (Å²) in [5, 5.41) is 11.4. The van der Waals surface area contributed by atoms with Gasteiger partial charge in [-0.2, -0.15) is 0 Å². The highest BCUT2D eigenvalue weighted by atomic mass is 32.1. The van der Waals surface area contributed by atoms with Gasteiger partial charge in [0.05, 0.1) is 5.92 Å². The molecular formula is C15H16O2S. The fraction of sp³-hybridized carbons (Fsp3) is 0.267. The normalized spacial score (nSPS) is 12.3. The van der Waals surface area contributed by atoms with Crippen molar-refractivity contribution in [2.24, 2.45) is 0 Å². The van der Waals surface area contributed by atoms with E-state index in [1.165, 1.54) is 5.56 Å². The van der Waals surface area contributed by atoms with E-state index in [1.807, 2.05) is 49.6 Å². The lowest BCUT2D eigenvalue weighted by atomic mass is 9.92. The van der Waals surface area contributed by atoms with Crippen molar-refractivity contribution in [2.75, 3.05) is 0 Å². The third kappa shape index (κ3) is 2.79. The van der Waals surface area contributed by atoms with Crippen LogP contribution in [0.2, 0.25) is 0 Å². The zero-order valence-corrected chi connectivity index (χ0v) is 11.3. The highest BCUT2D eigenvalue weighted by Crippen LogP contribution is 2.25. The van der Waals surface area contributed by atoms with Crippen LogP contribution < -0.4 is 0 Å². The van der Waals surface area contributed by atoms with Crippen LogP contribution in [0.15, 0.2) is 35.7 Å². The molecule has 94 valence electrons. The van der Waals surface area contributed by atoms with Crippen LogP contribution in [-0.4, -0.2) is 11.1 Å². The minimum Gasteiger partial charge on any atom is -0.481 e. The number of aryl methyl sites for hydroxylation is 2. The van der Waals surface area contributed by atoms with Crippen molar-refractivity contribution in [1.82, 2.24) is 0 Å². The lowest BCUT2D eigenvalue weighted by molar-refractivity contribution is -0.138. The van der Waals surface area contributed by atoms with E-state index in [-0.39, 0.29) is 0 Å². The van der Waals surface area contributed by atoms with Crippen LogP contribution >= 0.6 is 11.3 Å². The average molecular weight is 260 g/mol. The SMILES string of the molecule is Cc1ccc(C(Cc2cccs2)C(=O)O)cc1C. The third-order valence-corrected chi connectivity index (χ3v) is 4.12. The van der Waals surface area contributed by atoms with Gasteiger partial charge >= 0.3 is 5.97 Å². The number of benzene rings is 1. The van der Waals surface area contributed by atoms with E-state index in [2.05, 4.69) is 0 Å². The lowest BCUT2D eigenvalue weighted by Gasteiger charge is -2.13. The van der Waals surface area contributed by atoms with Gasteiger partial charge in [0, 0.05) is 4.88 Å². The summed E-state index contributed by atoms with van der Waals surface area (Å²) >= 11 is 1.61. The molecule has 0 radical (unpaired) electrons. The van der Waals surface area contributed by atoms with Gasteiger partial charge < -0.3 is 5.11 Å². The van der Waals surface area contributed by atoms with Crippen LogP contribution in [0.4, 0.5) is 0 Å². The summed E-state index contributed by atoms with van der Waals surface area (Å²) in [4.78, 5) is 12.5. The first-order valence-electron chi connectivity index (χ1n) is 5.90. The number of hydrogen-bond acceptors (Lipinski definition) is 2. The van der Waals surface area contributed by atoms with Gasteiger partial charge in [-0.3, -0.25) is 4.79 Å². The molecule has 18 heavy (non-hydrogen) atoms. The van der Waals surface area contributed by atoms with Crippen molar-refractivity contribution in [1.29, 1.82) is 0 Å². The molecule has 0 aliphatic carbocycles. The maximum absolute atomic E-state index is 11.4. The summed E-state index contributed by atoms with van der Waals surface area (Å²) in [6.45, 7) is 4.05. The van der Waals surface area contributed by atoms with E-state index >= 15 is 0 Å². The van der Waals surface area contributed by atoms with E-state index in [0.29, 0.717) is 6.42 Å². The molecule has 0 aliphatic rings. The van der Waals surface area contributed by atoms with Crippen molar-refractivity contribution in [3.8, 4) is 0 Å². The van der Waals surface area contributed by atoms with Crippen molar-refractivity contribution < 1.29 is 9.90 Å². The number of hydrogen-bond donors (Lipinski definition) is 1. The van der Waals surface area contributed by atoms with Crippen LogP contribution in [0.25, 0.3) is 0 Å². The molecule has 1 N–H and O–H groups in total. The molecular weight excluding hydrogens is 244 g/mol. The first-order chi connectivity index (χ1) is 8.58. The second-order valence-electron chi connectivity index (χ2n) is 4.52. The highest BCUT2D eigenvalue weighted by molar-refractivity contribution is 7.09. The van der Waals surface area contributed by atoms with E-state index in [1.54, 1.807) is 11.3 Å². The van der Waals surface area contributed by atoms with Gasteiger partial charge in [0.25, 0.3) is 0 Å². The molecule has 0 saturated carbocycles. The summed E-state index contributed by atoms with van der Waals surface area (Å²) in [5.41, 5.74) is 3.22. The molecule has 0 fully saturated rings. The number of carbonyl (C=O) groups is 1. The molecule has 2 nitrogen and oxygen atoms in total. The Morgan fingerprint density at radius 2 is 2.06 bits per heavy atom. The van der Waals surface area contributed by atoms with E-state index in [9.17, 15) is 9.90 Å². The van der Waals surface area contributed by atoms with Gasteiger partial charge in [0.2, 0.25) is 0 Å². The molecule has 1 aromatic heterocycles. The van der Waals surface area contributed by atoms with Gasteiger partial charge in [-0.15, -0.1) is 11.3 Å². The molecule has 0 aliphatic heterocycles. The molecule has 1 heterocycles. The second kappa shape index (κ2) is 5.36. The Morgan fingerprint density at radius 1 is 1.28 bits per heavy atom. The lowest BCUT2D eigenvalue weighted by Crippen LogP contribution is -2.14. The van der Waals surface area contributed by atoms with Gasteiger partial charge in [-0.1, -0.05) is 24.3 Å². The summed E-state index contributed by atoms with van der Waals surface area (Å²) in [6.07, 6.45) is 0.565. The van der Waals surface area contributed by atoms with Crippen LogP contribution in [0.5, 0.6) is 0 Å². The highest BCUT2D eigenvalue weighted by Gasteiger charge is 2.21. The molecule has 0 saturated heterocycles. The van der Waals surface area contributed by atoms with Crippen molar-refractivity contribution in [3.05, 3.63) is 57.3 Å². The Hall–Kier alpha value is -1.61. The molecule has 2 aromatic rings. The molecule has 0 spiro atoms. The summed E-state index contributed by atoms with van der Waals surface area (Å²) in [5.74, 6) is -1.21. The van der Waals surface area contributed by atoms with Crippen molar-refractivity contribution >= 4 is 17.3 Å². The number of carboxylic acids is 1. The summed E-state index contributed by atoms with van der Waals surface area (Å²) < 4.78 is 0. The third-order valence-electron chi connectivity index (χ3n) is 3.22. The second-order valence-corrected chi connectivity index (χ2v) is 5.55. The van der Waals surface area contributed by atoms with E-state index in [4.69, 9.17) is 0 Å². The molecule has 0 bridgehead atoms. The molecule has 2 rings (SSSR count). The smallest absolute Gasteiger partial charge is 0.311 e. The number of carboxylic acid groups (broad SMARTS) is 1. The van der Waals surface area contributed by atoms with Crippen LogP contribution in [-0.2, 0) is 11.2 Å². The van der Waals surface area contributed by atoms with Crippen LogP contribution in [0, 0.1) is 13.8 Å². The Labute approximate surface area is 111 Å². The summed E-state index contributed by atoms with van der Waals surface area (Å²) in [6, 6.07) is 9.85. The van der Waals surface area contributed by atoms with E-state index < -0.39 is 11.9 Å².